The van der Waals surface area contributed by atoms with Crippen LogP contribution in [0.3, 0.4) is 0 Å². The maximum absolute atomic E-state index is 12.8. The van der Waals surface area contributed by atoms with Crippen molar-refractivity contribution in [3.05, 3.63) is 51.3 Å². The number of amides is 1. The second kappa shape index (κ2) is 10.5. The highest BCUT2D eigenvalue weighted by Crippen LogP contribution is 2.33. The van der Waals surface area contributed by atoms with Gasteiger partial charge in [0.05, 0.1) is 21.3 Å². The van der Waals surface area contributed by atoms with Crippen LogP contribution in [-0.2, 0) is 12.0 Å². The van der Waals surface area contributed by atoms with Crippen LogP contribution in [0, 0.1) is 6.92 Å². The van der Waals surface area contributed by atoms with E-state index in [0.29, 0.717) is 16.6 Å². The molecule has 0 saturated carbocycles. The standard InChI is InChI=1S/C25H36Cl2N4O/c1-6-31-18(2)19(17-22(31)25(3,4)5)24(32)28-11-8-12-29-13-15-30(16-14-29)21-10-7-9-20(26)23(21)27/h7,9-10,17H,6,8,11-16H2,1-5H3,(H,28,32). The number of carbonyl (C=O) groups is 1. The lowest BCUT2D eigenvalue weighted by Gasteiger charge is -2.36. The number of nitrogens with zero attached hydrogens (tertiary/aromatic N) is 3. The summed E-state index contributed by atoms with van der Waals surface area (Å²) in [7, 11) is 0. The molecule has 0 radical (unpaired) electrons. The van der Waals surface area contributed by atoms with Crippen molar-refractivity contribution in [1.82, 2.24) is 14.8 Å². The van der Waals surface area contributed by atoms with E-state index in [1.165, 1.54) is 5.69 Å². The van der Waals surface area contributed by atoms with Gasteiger partial charge in [0.2, 0.25) is 0 Å². The molecular formula is C25H36Cl2N4O. The predicted octanol–water partition coefficient (Wildman–Crippen LogP) is 5.36. The minimum atomic E-state index is 0.0107. The smallest absolute Gasteiger partial charge is 0.253 e. The molecule has 7 heteroatoms. The number of aromatic nitrogens is 1. The van der Waals surface area contributed by atoms with E-state index in [2.05, 4.69) is 53.4 Å². The third kappa shape index (κ3) is 5.62. The molecule has 1 N–H and O–H groups in total. The van der Waals surface area contributed by atoms with E-state index in [0.717, 1.165) is 62.6 Å². The number of benzene rings is 1. The number of carbonyl (C=O) groups excluding carboxylic acids is 1. The van der Waals surface area contributed by atoms with Crippen LogP contribution in [-0.4, -0.2) is 54.6 Å². The Morgan fingerprint density at radius 2 is 1.81 bits per heavy atom. The van der Waals surface area contributed by atoms with Crippen molar-refractivity contribution < 1.29 is 4.79 Å². The zero-order chi connectivity index (χ0) is 23.5. The maximum Gasteiger partial charge on any atom is 0.253 e. The molecule has 176 valence electrons. The van der Waals surface area contributed by atoms with Crippen LogP contribution >= 0.6 is 23.2 Å². The normalized spacial score (nSPS) is 15.3. The Hall–Kier alpha value is -1.69. The second-order valence-corrected chi connectivity index (χ2v) is 10.3. The Balaban J connectivity index is 1.46. The van der Waals surface area contributed by atoms with Crippen molar-refractivity contribution in [1.29, 1.82) is 0 Å². The molecule has 5 nitrogen and oxygen atoms in total. The first-order valence-electron chi connectivity index (χ1n) is 11.5. The van der Waals surface area contributed by atoms with Gasteiger partial charge >= 0.3 is 0 Å². The van der Waals surface area contributed by atoms with E-state index < -0.39 is 0 Å². The fourth-order valence-electron chi connectivity index (χ4n) is 4.45. The lowest BCUT2D eigenvalue weighted by atomic mass is 9.92. The van der Waals surface area contributed by atoms with Crippen LogP contribution in [0.15, 0.2) is 24.3 Å². The van der Waals surface area contributed by atoms with Crippen molar-refractivity contribution in [2.24, 2.45) is 0 Å². The molecule has 1 fully saturated rings. The fraction of sp³-hybridized carbons (Fsp3) is 0.560. The summed E-state index contributed by atoms with van der Waals surface area (Å²) in [5.74, 6) is 0.0283. The van der Waals surface area contributed by atoms with Crippen LogP contribution in [0.2, 0.25) is 10.0 Å². The lowest BCUT2D eigenvalue weighted by molar-refractivity contribution is 0.0950. The van der Waals surface area contributed by atoms with Crippen molar-refractivity contribution in [2.45, 2.75) is 53.0 Å². The van der Waals surface area contributed by atoms with E-state index in [1.807, 2.05) is 25.1 Å². The molecule has 0 atom stereocenters. The van der Waals surface area contributed by atoms with Crippen LogP contribution < -0.4 is 10.2 Å². The van der Waals surface area contributed by atoms with Crippen molar-refractivity contribution in [3.63, 3.8) is 0 Å². The van der Waals surface area contributed by atoms with E-state index in [9.17, 15) is 4.79 Å². The Kier molecular flexibility index (Phi) is 8.18. The number of hydrogen-bond acceptors (Lipinski definition) is 3. The van der Waals surface area contributed by atoms with Crippen LogP contribution in [0.5, 0.6) is 0 Å². The average molecular weight is 479 g/mol. The van der Waals surface area contributed by atoms with Gasteiger partial charge in [-0.2, -0.15) is 0 Å². The van der Waals surface area contributed by atoms with Gasteiger partial charge in [0, 0.05) is 56.1 Å². The minimum Gasteiger partial charge on any atom is -0.368 e. The summed E-state index contributed by atoms with van der Waals surface area (Å²) in [5.41, 5.74) is 4.07. The molecule has 32 heavy (non-hydrogen) atoms. The predicted molar refractivity (Wildman–Crippen MR) is 136 cm³/mol. The molecule has 1 saturated heterocycles. The van der Waals surface area contributed by atoms with Gasteiger partial charge in [0.25, 0.3) is 5.91 Å². The largest absolute Gasteiger partial charge is 0.368 e. The molecule has 0 aliphatic carbocycles. The van der Waals surface area contributed by atoms with Gasteiger partial charge in [-0.1, -0.05) is 50.0 Å². The summed E-state index contributed by atoms with van der Waals surface area (Å²) >= 11 is 12.5. The lowest BCUT2D eigenvalue weighted by Crippen LogP contribution is -2.47. The third-order valence-corrected chi connectivity index (χ3v) is 7.09. The van der Waals surface area contributed by atoms with Crippen LogP contribution in [0.25, 0.3) is 0 Å². The van der Waals surface area contributed by atoms with Gasteiger partial charge in [-0.25, -0.2) is 0 Å². The van der Waals surface area contributed by atoms with Gasteiger partial charge < -0.3 is 14.8 Å². The van der Waals surface area contributed by atoms with E-state index in [-0.39, 0.29) is 11.3 Å². The quantitative estimate of drug-likeness (QED) is 0.544. The molecule has 1 amide bonds. The summed E-state index contributed by atoms with van der Waals surface area (Å²) in [4.78, 5) is 17.6. The molecular weight excluding hydrogens is 443 g/mol. The molecule has 1 aliphatic heterocycles. The topological polar surface area (TPSA) is 40.5 Å². The molecule has 0 bridgehead atoms. The molecule has 1 aromatic carbocycles. The summed E-state index contributed by atoms with van der Waals surface area (Å²) in [6.45, 7) is 17.1. The number of nitrogens with one attached hydrogen (secondary N) is 1. The molecule has 1 aromatic heterocycles. The van der Waals surface area contributed by atoms with Crippen molar-refractivity contribution in [3.8, 4) is 0 Å². The van der Waals surface area contributed by atoms with Gasteiger partial charge in [-0.15, -0.1) is 0 Å². The Labute approximate surface area is 202 Å². The monoisotopic (exact) mass is 478 g/mol. The number of hydrogen-bond donors (Lipinski definition) is 1. The highest BCUT2D eigenvalue weighted by atomic mass is 35.5. The van der Waals surface area contributed by atoms with E-state index >= 15 is 0 Å². The van der Waals surface area contributed by atoms with E-state index in [1.54, 1.807) is 0 Å². The second-order valence-electron chi connectivity index (χ2n) is 9.53. The molecule has 2 heterocycles. The summed E-state index contributed by atoms with van der Waals surface area (Å²) < 4.78 is 2.25. The number of rotatable bonds is 7. The zero-order valence-electron chi connectivity index (χ0n) is 20.0. The number of piperazine rings is 1. The average Bonchev–Trinajstić information content (AvgIpc) is 3.10. The summed E-state index contributed by atoms with van der Waals surface area (Å²) in [6, 6.07) is 7.85. The van der Waals surface area contributed by atoms with Gasteiger partial charge in [0.1, 0.15) is 0 Å². The zero-order valence-corrected chi connectivity index (χ0v) is 21.5. The third-order valence-electron chi connectivity index (χ3n) is 6.28. The Morgan fingerprint density at radius 1 is 1.12 bits per heavy atom. The van der Waals surface area contributed by atoms with Crippen molar-refractivity contribution >= 4 is 34.8 Å². The van der Waals surface area contributed by atoms with Crippen LogP contribution in [0.1, 0.15) is 55.9 Å². The summed E-state index contributed by atoms with van der Waals surface area (Å²) in [6.07, 6.45) is 0.934. The minimum absolute atomic E-state index is 0.0107. The highest BCUT2D eigenvalue weighted by molar-refractivity contribution is 6.43. The Morgan fingerprint density at radius 3 is 2.41 bits per heavy atom. The van der Waals surface area contributed by atoms with Gasteiger partial charge in [0.15, 0.2) is 0 Å². The fourth-order valence-corrected chi connectivity index (χ4v) is 4.87. The first kappa shape index (κ1) is 24.9. The summed E-state index contributed by atoms with van der Waals surface area (Å²) in [5, 5.41) is 4.35. The Bertz CT molecular complexity index is 940. The first-order chi connectivity index (χ1) is 15.1. The van der Waals surface area contributed by atoms with Crippen LogP contribution in [0.4, 0.5) is 5.69 Å². The first-order valence-corrected chi connectivity index (χ1v) is 12.3. The molecule has 0 unspecified atom stereocenters. The maximum atomic E-state index is 12.8. The molecule has 3 rings (SSSR count). The number of anilines is 1. The molecule has 1 aliphatic rings. The molecule has 0 spiro atoms. The van der Waals surface area contributed by atoms with Crippen molar-refractivity contribution in [2.75, 3.05) is 44.2 Å². The van der Waals surface area contributed by atoms with Gasteiger partial charge in [-0.3, -0.25) is 9.69 Å². The van der Waals surface area contributed by atoms with E-state index in [4.69, 9.17) is 23.2 Å². The van der Waals surface area contributed by atoms with Gasteiger partial charge in [-0.05, 0) is 45.0 Å². The number of halogens is 2. The molecule has 2 aromatic rings. The SMILES string of the molecule is CCn1c(C(C)(C)C)cc(C(=O)NCCCN2CCN(c3cccc(Cl)c3Cl)CC2)c1C. The highest BCUT2D eigenvalue weighted by Gasteiger charge is 2.24.